The second kappa shape index (κ2) is 6.36. The Hall–Kier alpha value is -1.07. The van der Waals surface area contributed by atoms with Gasteiger partial charge >= 0.3 is 0 Å². The summed E-state index contributed by atoms with van der Waals surface area (Å²) in [6, 6.07) is 4.50. The molecule has 0 atom stereocenters. The fraction of sp³-hybridized carbons (Fsp3) is 0.467. The summed E-state index contributed by atoms with van der Waals surface area (Å²) in [6.07, 6.45) is 4.98. The number of hydrogen-bond donors (Lipinski definition) is 0. The monoisotopic (exact) mass is 325 g/mol. The van der Waals surface area contributed by atoms with Gasteiger partial charge in [-0.15, -0.1) is 10.2 Å². The average molecular weight is 326 g/mol. The second-order valence-electron chi connectivity index (χ2n) is 5.41. The van der Waals surface area contributed by atoms with E-state index in [0.717, 1.165) is 16.5 Å². The van der Waals surface area contributed by atoms with Crippen LogP contribution >= 0.6 is 23.4 Å². The molecule has 1 fully saturated rings. The minimum Gasteiger partial charge on any atom is -0.309 e. The van der Waals surface area contributed by atoms with Crippen LogP contribution in [0.1, 0.15) is 43.0 Å². The highest BCUT2D eigenvalue weighted by Gasteiger charge is 2.23. The van der Waals surface area contributed by atoms with Gasteiger partial charge in [0.15, 0.2) is 5.16 Å². The van der Waals surface area contributed by atoms with Crippen molar-refractivity contribution in [3.05, 3.63) is 40.4 Å². The van der Waals surface area contributed by atoms with Gasteiger partial charge in [-0.2, -0.15) is 0 Å². The van der Waals surface area contributed by atoms with Gasteiger partial charge in [-0.1, -0.05) is 42.3 Å². The van der Waals surface area contributed by atoms with Crippen LogP contribution in [0.3, 0.4) is 0 Å². The maximum absolute atomic E-state index is 13.0. The van der Waals surface area contributed by atoms with Crippen molar-refractivity contribution in [2.45, 2.75) is 42.5 Å². The van der Waals surface area contributed by atoms with Crippen LogP contribution in [0.25, 0.3) is 0 Å². The van der Waals surface area contributed by atoms with E-state index in [1.54, 1.807) is 17.8 Å². The molecule has 0 unspecified atom stereocenters. The first kappa shape index (κ1) is 14.9. The van der Waals surface area contributed by atoms with E-state index in [1.165, 1.54) is 37.8 Å². The molecule has 112 valence electrons. The molecule has 1 aliphatic rings. The van der Waals surface area contributed by atoms with E-state index in [2.05, 4.69) is 14.8 Å². The zero-order chi connectivity index (χ0) is 14.8. The number of thioether (sulfide) groups is 1. The molecule has 3 nitrogen and oxygen atoms in total. The molecule has 0 saturated heterocycles. The Kier molecular flexibility index (Phi) is 4.50. The van der Waals surface area contributed by atoms with Crippen molar-refractivity contribution >= 4 is 23.4 Å². The number of aromatic nitrogens is 3. The molecule has 0 amide bonds. The third kappa shape index (κ3) is 3.24. The van der Waals surface area contributed by atoms with Gasteiger partial charge in [0.25, 0.3) is 0 Å². The highest BCUT2D eigenvalue weighted by molar-refractivity contribution is 7.98. The van der Waals surface area contributed by atoms with E-state index in [-0.39, 0.29) is 5.82 Å². The Morgan fingerprint density at radius 2 is 2.10 bits per heavy atom. The van der Waals surface area contributed by atoms with E-state index in [4.69, 9.17) is 11.6 Å². The zero-order valence-corrected chi connectivity index (χ0v) is 13.4. The van der Waals surface area contributed by atoms with Crippen LogP contribution in [-0.2, 0) is 12.8 Å². The average Bonchev–Trinajstić information content (AvgIpc) is 3.08. The van der Waals surface area contributed by atoms with Crippen molar-refractivity contribution in [2.75, 3.05) is 0 Å². The summed E-state index contributed by atoms with van der Waals surface area (Å²) < 4.78 is 15.1. The Bertz CT molecular complexity index is 638. The van der Waals surface area contributed by atoms with E-state index in [0.29, 0.717) is 16.7 Å². The molecular weight excluding hydrogens is 309 g/mol. The summed E-state index contributed by atoms with van der Waals surface area (Å²) >= 11 is 7.63. The summed E-state index contributed by atoms with van der Waals surface area (Å²) in [5, 5.41) is 9.97. The van der Waals surface area contributed by atoms with Crippen LogP contribution in [0.15, 0.2) is 23.4 Å². The third-order valence-electron chi connectivity index (χ3n) is 3.96. The third-order valence-corrected chi connectivity index (χ3v) is 5.38. The molecule has 1 heterocycles. The molecule has 3 rings (SSSR count). The van der Waals surface area contributed by atoms with E-state index < -0.39 is 0 Å². The Balaban J connectivity index is 1.70. The molecule has 0 aliphatic heterocycles. The lowest BCUT2D eigenvalue weighted by molar-refractivity contribution is 0.616. The highest BCUT2D eigenvalue weighted by Crippen LogP contribution is 2.34. The van der Waals surface area contributed by atoms with Crippen LogP contribution in [0, 0.1) is 5.82 Å². The molecule has 0 N–H and O–H groups in total. The van der Waals surface area contributed by atoms with Gasteiger partial charge in [0.2, 0.25) is 0 Å². The fourth-order valence-corrected chi connectivity index (χ4v) is 4.01. The first-order valence-electron chi connectivity index (χ1n) is 7.11. The summed E-state index contributed by atoms with van der Waals surface area (Å²) in [5.41, 5.74) is 0.911. The fourth-order valence-electron chi connectivity index (χ4n) is 2.77. The summed E-state index contributed by atoms with van der Waals surface area (Å²) in [5.74, 6) is 1.98. The van der Waals surface area contributed by atoms with Gasteiger partial charge in [-0.3, -0.25) is 0 Å². The van der Waals surface area contributed by atoms with Crippen LogP contribution in [0.5, 0.6) is 0 Å². The number of nitrogens with zero attached hydrogens (tertiary/aromatic N) is 3. The van der Waals surface area contributed by atoms with Crippen molar-refractivity contribution in [3.63, 3.8) is 0 Å². The molecule has 0 spiro atoms. The van der Waals surface area contributed by atoms with Crippen molar-refractivity contribution < 1.29 is 4.39 Å². The number of benzene rings is 1. The smallest absolute Gasteiger partial charge is 0.191 e. The first-order chi connectivity index (χ1) is 10.1. The van der Waals surface area contributed by atoms with Gasteiger partial charge in [-0.25, -0.2) is 4.39 Å². The predicted octanol–water partition coefficient (Wildman–Crippen LogP) is 4.56. The van der Waals surface area contributed by atoms with Crippen LogP contribution in [0.2, 0.25) is 5.02 Å². The molecular formula is C15H17ClFN3S. The highest BCUT2D eigenvalue weighted by atomic mass is 35.5. The van der Waals surface area contributed by atoms with Crippen LogP contribution < -0.4 is 0 Å². The molecule has 0 radical (unpaired) electrons. The topological polar surface area (TPSA) is 30.7 Å². The van der Waals surface area contributed by atoms with E-state index in [1.807, 2.05) is 7.05 Å². The van der Waals surface area contributed by atoms with Crippen LogP contribution in [0.4, 0.5) is 4.39 Å². The molecule has 6 heteroatoms. The Labute approximate surface area is 132 Å². The van der Waals surface area contributed by atoms with Gasteiger partial charge in [0.1, 0.15) is 11.6 Å². The van der Waals surface area contributed by atoms with Crippen molar-refractivity contribution in [1.29, 1.82) is 0 Å². The summed E-state index contributed by atoms with van der Waals surface area (Å²) in [4.78, 5) is 0. The molecule has 1 saturated carbocycles. The zero-order valence-electron chi connectivity index (χ0n) is 11.9. The molecule has 1 aromatic heterocycles. The SMILES string of the molecule is Cn1c(SCc2ccc(F)cc2Cl)nnc1C1CCCC1. The first-order valence-corrected chi connectivity index (χ1v) is 8.47. The van der Waals surface area contributed by atoms with E-state index >= 15 is 0 Å². The minimum absolute atomic E-state index is 0.309. The summed E-state index contributed by atoms with van der Waals surface area (Å²) in [6.45, 7) is 0. The number of hydrogen-bond acceptors (Lipinski definition) is 3. The maximum Gasteiger partial charge on any atom is 0.191 e. The molecule has 0 bridgehead atoms. The molecule has 21 heavy (non-hydrogen) atoms. The number of rotatable bonds is 4. The van der Waals surface area contributed by atoms with Gasteiger partial charge in [0, 0.05) is 23.7 Å². The Morgan fingerprint density at radius 1 is 1.33 bits per heavy atom. The van der Waals surface area contributed by atoms with Crippen LogP contribution in [-0.4, -0.2) is 14.8 Å². The van der Waals surface area contributed by atoms with Gasteiger partial charge < -0.3 is 4.57 Å². The van der Waals surface area contributed by atoms with E-state index in [9.17, 15) is 4.39 Å². The molecule has 1 aromatic carbocycles. The van der Waals surface area contributed by atoms with Gasteiger partial charge in [0.05, 0.1) is 0 Å². The molecule has 2 aromatic rings. The molecule has 1 aliphatic carbocycles. The largest absolute Gasteiger partial charge is 0.309 e. The van der Waals surface area contributed by atoms with Crippen molar-refractivity contribution in [2.24, 2.45) is 7.05 Å². The predicted molar refractivity (Wildman–Crippen MR) is 83.2 cm³/mol. The standard InChI is InChI=1S/C15H17ClFN3S/c1-20-14(10-4-2-3-5-10)18-19-15(20)21-9-11-6-7-12(17)8-13(11)16/h6-8,10H,2-5,9H2,1H3. The number of halogens is 2. The van der Waals surface area contributed by atoms with Crippen molar-refractivity contribution in [3.8, 4) is 0 Å². The maximum atomic E-state index is 13.0. The minimum atomic E-state index is -0.309. The van der Waals surface area contributed by atoms with Crippen molar-refractivity contribution in [1.82, 2.24) is 14.8 Å². The quantitative estimate of drug-likeness (QED) is 0.772. The Morgan fingerprint density at radius 3 is 2.81 bits per heavy atom. The normalized spacial score (nSPS) is 15.8. The lowest BCUT2D eigenvalue weighted by Gasteiger charge is -2.09. The van der Waals surface area contributed by atoms with Gasteiger partial charge in [-0.05, 0) is 30.5 Å². The summed E-state index contributed by atoms with van der Waals surface area (Å²) in [7, 11) is 2.02. The lowest BCUT2D eigenvalue weighted by atomic mass is 10.1. The second-order valence-corrected chi connectivity index (χ2v) is 6.76. The lowest BCUT2D eigenvalue weighted by Crippen LogP contribution is -2.03.